The third kappa shape index (κ3) is 4.69. The van der Waals surface area contributed by atoms with Gasteiger partial charge in [-0.2, -0.15) is 0 Å². The number of nitrogens with one attached hydrogen (secondary N) is 2. The van der Waals surface area contributed by atoms with Gasteiger partial charge in [-0.15, -0.1) is 0 Å². The van der Waals surface area contributed by atoms with Crippen LogP contribution in [0.2, 0.25) is 0 Å². The van der Waals surface area contributed by atoms with Crippen molar-refractivity contribution in [3.63, 3.8) is 0 Å². The highest BCUT2D eigenvalue weighted by Gasteiger charge is 2.15. The molecule has 0 aliphatic rings. The van der Waals surface area contributed by atoms with Crippen molar-refractivity contribution in [1.29, 1.82) is 0 Å². The number of carbonyl (C=O) groups is 1. The number of imidazole rings is 1. The number of ether oxygens (including phenoxy) is 1. The van der Waals surface area contributed by atoms with Crippen LogP contribution in [-0.2, 0) is 6.42 Å². The molecule has 8 heteroatoms. The van der Waals surface area contributed by atoms with E-state index in [4.69, 9.17) is 4.74 Å². The molecule has 0 radical (unpaired) electrons. The maximum absolute atomic E-state index is 12.7. The Hall–Kier alpha value is -4.85. The van der Waals surface area contributed by atoms with Crippen LogP contribution in [0.3, 0.4) is 0 Å². The Morgan fingerprint density at radius 2 is 1.83 bits per heavy atom. The zero-order valence-corrected chi connectivity index (χ0v) is 19.5. The highest BCUT2D eigenvalue weighted by atomic mass is 16.5. The van der Waals surface area contributed by atoms with Crippen LogP contribution in [0.15, 0.2) is 79.0 Å². The van der Waals surface area contributed by atoms with Crippen molar-refractivity contribution in [2.24, 2.45) is 0 Å². The number of phenols is 2. The van der Waals surface area contributed by atoms with Crippen LogP contribution < -0.4 is 10.1 Å². The summed E-state index contributed by atoms with van der Waals surface area (Å²) in [4.78, 5) is 24.8. The topological polar surface area (TPSA) is 120 Å². The number of rotatable bonds is 7. The first kappa shape index (κ1) is 22.9. The van der Waals surface area contributed by atoms with Gasteiger partial charge in [0.05, 0.1) is 23.7 Å². The molecule has 0 bridgehead atoms. The number of hydrogen-bond acceptors (Lipinski definition) is 6. The monoisotopic (exact) mass is 480 g/mol. The third-order valence-electron chi connectivity index (χ3n) is 5.91. The summed E-state index contributed by atoms with van der Waals surface area (Å²) in [7, 11) is 1.56. The van der Waals surface area contributed by atoms with Gasteiger partial charge in [-0.25, -0.2) is 9.97 Å². The minimum atomic E-state index is -0.194. The summed E-state index contributed by atoms with van der Waals surface area (Å²) in [5, 5.41) is 22.9. The number of benzene rings is 3. The van der Waals surface area contributed by atoms with Gasteiger partial charge < -0.3 is 25.3 Å². The number of H-pyrrole nitrogens is 1. The van der Waals surface area contributed by atoms with Crippen molar-refractivity contribution in [3.8, 4) is 39.9 Å². The number of pyridine rings is 1. The van der Waals surface area contributed by atoms with Crippen LogP contribution in [0.25, 0.3) is 33.5 Å². The number of phenolic OH excluding ortho intramolecular Hbond substituents is 2. The van der Waals surface area contributed by atoms with Crippen LogP contribution >= 0.6 is 0 Å². The van der Waals surface area contributed by atoms with Crippen molar-refractivity contribution < 1.29 is 19.7 Å². The van der Waals surface area contributed by atoms with Crippen molar-refractivity contribution >= 4 is 16.9 Å². The van der Waals surface area contributed by atoms with E-state index in [1.807, 2.05) is 30.3 Å². The zero-order chi connectivity index (χ0) is 25.1. The van der Waals surface area contributed by atoms with E-state index in [1.54, 1.807) is 55.8 Å². The molecule has 5 aromatic rings. The minimum Gasteiger partial charge on any atom is -0.508 e. The number of aromatic nitrogens is 3. The van der Waals surface area contributed by atoms with E-state index in [2.05, 4.69) is 20.3 Å². The Labute approximate surface area is 207 Å². The van der Waals surface area contributed by atoms with E-state index in [9.17, 15) is 15.0 Å². The molecule has 8 nitrogen and oxygen atoms in total. The van der Waals surface area contributed by atoms with Crippen LogP contribution in [0, 0.1) is 0 Å². The number of fused-ring (bicyclic) bond motifs is 1. The minimum absolute atomic E-state index is 0.0767. The van der Waals surface area contributed by atoms with E-state index in [0.717, 1.165) is 16.7 Å². The van der Waals surface area contributed by atoms with Crippen LogP contribution in [0.1, 0.15) is 15.9 Å². The summed E-state index contributed by atoms with van der Waals surface area (Å²) >= 11 is 0. The maximum atomic E-state index is 12.7. The highest BCUT2D eigenvalue weighted by Crippen LogP contribution is 2.35. The molecule has 0 unspecified atom stereocenters. The molecule has 0 saturated heterocycles. The lowest BCUT2D eigenvalue weighted by molar-refractivity contribution is 0.0954. The molecule has 36 heavy (non-hydrogen) atoms. The van der Waals surface area contributed by atoms with Gasteiger partial charge in [-0.3, -0.25) is 4.79 Å². The van der Waals surface area contributed by atoms with Gasteiger partial charge in [0.2, 0.25) is 5.88 Å². The van der Waals surface area contributed by atoms with Gasteiger partial charge in [0.25, 0.3) is 5.91 Å². The second-order valence-corrected chi connectivity index (χ2v) is 8.28. The van der Waals surface area contributed by atoms with E-state index >= 15 is 0 Å². The molecule has 2 aromatic heterocycles. The van der Waals surface area contributed by atoms with E-state index < -0.39 is 0 Å². The molecular weight excluding hydrogens is 456 g/mol. The molecule has 0 aliphatic heterocycles. The Morgan fingerprint density at radius 1 is 1.00 bits per heavy atom. The average Bonchev–Trinajstić information content (AvgIpc) is 3.33. The fraction of sp³-hybridized carbons (Fsp3) is 0.107. The largest absolute Gasteiger partial charge is 0.508 e. The molecule has 4 N–H and O–H groups in total. The Bertz CT molecular complexity index is 1540. The third-order valence-corrected chi connectivity index (χ3v) is 5.91. The Morgan fingerprint density at radius 3 is 2.64 bits per heavy atom. The summed E-state index contributed by atoms with van der Waals surface area (Å²) in [6.45, 7) is 0.467. The first-order chi connectivity index (χ1) is 17.5. The first-order valence-corrected chi connectivity index (χ1v) is 11.4. The second kappa shape index (κ2) is 9.79. The molecule has 0 aliphatic carbocycles. The molecule has 0 saturated carbocycles. The van der Waals surface area contributed by atoms with Gasteiger partial charge in [0, 0.05) is 23.9 Å². The van der Waals surface area contributed by atoms with E-state index in [0.29, 0.717) is 46.8 Å². The van der Waals surface area contributed by atoms with Gasteiger partial charge >= 0.3 is 0 Å². The quantitative estimate of drug-likeness (QED) is 0.268. The lowest BCUT2D eigenvalue weighted by Gasteiger charge is -2.09. The number of carbonyl (C=O) groups excluding carboxylic acids is 1. The molecule has 2 heterocycles. The fourth-order valence-corrected chi connectivity index (χ4v) is 4.03. The van der Waals surface area contributed by atoms with Gasteiger partial charge in [0.1, 0.15) is 17.3 Å². The molecule has 180 valence electrons. The number of hydrogen-bond donors (Lipinski definition) is 4. The highest BCUT2D eigenvalue weighted by molar-refractivity contribution is 5.97. The molecular formula is C28H24N4O4. The SMILES string of the molecule is COc1ncccc1-c1ccc(O)c(-c2nc3ccc(C(=O)NCCc4ccc(O)cc4)cc3[nH]2)c1. The summed E-state index contributed by atoms with van der Waals surface area (Å²) < 4.78 is 5.37. The summed E-state index contributed by atoms with van der Waals surface area (Å²) in [6.07, 6.45) is 2.31. The predicted molar refractivity (Wildman–Crippen MR) is 137 cm³/mol. The number of amides is 1. The van der Waals surface area contributed by atoms with Gasteiger partial charge in [-0.05, 0) is 72.1 Å². The number of aromatic hydroxyl groups is 2. The van der Waals surface area contributed by atoms with Crippen molar-refractivity contribution in [2.45, 2.75) is 6.42 Å². The molecule has 3 aromatic carbocycles. The smallest absolute Gasteiger partial charge is 0.251 e. The fourth-order valence-electron chi connectivity index (χ4n) is 4.03. The van der Waals surface area contributed by atoms with Gasteiger partial charge in [0.15, 0.2) is 0 Å². The van der Waals surface area contributed by atoms with Crippen molar-refractivity contribution in [3.05, 3.63) is 90.1 Å². The lowest BCUT2D eigenvalue weighted by atomic mass is 10.0. The standard InChI is InChI=1S/C28H24N4O4/c1-36-28-21(3-2-13-30-28)18-7-11-25(34)22(15-18)26-31-23-10-6-19(16-24(23)32-26)27(35)29-14-12-17-4-8-20(33)9-5-17/h2-11,13,15-16,33-34H,12,14H2,1H3,(H,29,35)(H,31,32). The van der Waals surface area contributed by atoms with E-state index in [-0.39, 0.29) is 17.4 Å². The normalized spacial score (nSPS) is 10.9. The van der Waals surface area contributed by atoms with Crippen molar-refractivity contribution in [1.82, 2.24) is 20.3 Å². The molecule has 0 fully saturated rings. The molecule has 0 atom stereocenters. The van der Waals surface area contributed by atoms with Crippen LogP contribution in [-0.4, -0.2) is 44.7 Å². The van der Waals surface area contributed by atoms with Crippen LogP contribution in [0.4, 0.5) is 0 Å². The predicted octanol–water partition coefficient (Wildman–Crippen LogP) is 4.68. The van der Waals surface area contributed by atoms with Crippen molar-refractivity contribution in [2.75, 3.05) is 13.7 Å². The number of nitrogens with zero attached hydrogens (tertiary/aromatic N) is 2. The molecule has 0 spiro atoms. The first-order valence-electron chi connectivity index (χ1n) is 11.4. The Kier molecular flexibility index (Phi) is 6.23. The summed E-state index contributed by atoms with van der Waals surface area (Å²) in [5.74, 6) is 1.07. The van der Waals surface area contributed by atoms with Gasteiger partial charge in [-0.1, -0.05) is 18.2 Å². The van der Waals surface area contributed by atoms with Crippen LogP contribution in [0.5, 0.6) is 17.4 Å². The Balaban J connectivity index is 1.37. The molecule has 1 amide bonds. The zero-order valence-electron chi connectivity index (χ0n) is 19.5. The lowest BCUT2D eigenvalue weighted by Crippen LogP contribution is -2.25. The maximum Gasteiger partial charge on any atom is 0.251 e. The summed E-state index contributed by atoms with van der Waals surface area (Å²) in [5.41, 5.74) is 5.02. The average molecular weight is 481 g/mol. The molecule has 5 rings (SSSR count). The second-order valence-electron chi connectivity index (χ2n) is 8.28. The number of methoxy groups -OCH3 is 1. The van der Waals surface area contributed by atoms with E-state index in [1.165, 1.54) is 0 Å². The number of aromatic amines is 1. The summed E-state index contributed by atoms with van der Waals surface area (Å²) in [6, 6.07) is 21.1.